The fraction of sp³-hybridized carbons (Fsp3) is 0.200. The Morgan fingerprint density at radius 2 is 2.14 bits per heavy atom. The monoisotopic (exact) mass is 374 g/mol. The number of urea groups is 1. The van der Waals surface area contributed by atoms with Crippen molar-refractivity contribution < 1.29 is 4.79 Å². The zero-order chi connectivity index (χ0) is 19.3. The van der Waals surface area contributed by atoms with Gasteiger partial charge in [0.15, 0.2) is 0 Å². The number of anilines is 1. The average Bonchev–Trinajstić information content (AvgIpc) is 3.43. The lowest BCUT2D eigenvalue weighted by atomic mass is 10.1. The fourth-order valence-corrected chi connectivity index (χ4v) is 3.33. The maximum atomic E-state index is 12.7. The number of fused-ring (bicyclic) bond motifs is 2. The number of H-pyrrole nitrogens is 1. The third kappa shape index (κ3) is 2.88. The molecule has 0 aliphatic heterocycles. The van der Waals surface area contributed by atoms with Crippen LogP contribution in [0.25, 0.3) is 33.3 Å². The molecule has 0 unspecified atom stereocenters. The van der Waals surface area contributed by atoms with Gasteiger partial charge in [0, 0.05) is 42.1 Å². The molecule has 1 aliphatic carbocycles. The summed E-state index contributed by atoms with van der Waals surface area (Å²) >= 11 is 0. The molecule has 4 aromatic rings. The molecule has 2 amide bonds. The third-order valence-electron chi connectivity index (χ3n) is 4.85. The molecule has 0 spiro atoms. The lowest BCUT2D eigenvalue weighted by Gasteiger charge is -2.08. The number of amides is 2. The largest absolute Gasteiger partial charge is 0.335 e. The van der Waals surface area contributed by atoms with E-state index >= 15 is 0 Å². The molecule has 3 N–H and O–H groups in total. The Labute approximate surface area is 159 Å². The number of aromatic amines is 1. The smallest absolute Gasteiger partial charge is 0.319 e. The molecule has 28 heavy (non-hydrogen) atoms. The average molecular weight is 374 g/mol. The van der Waals surface area contributed by atoms with E-state index in [-0.39, 0.29) is 17.6 Å². The summed E-state index contributed by atoms with van der Waals surface area (Å²) in [4.78, 5) is 36.5. The van der Waals surface area contributed by atoms with Crippen molar-refractivity contribution in [1.82, 2.24) is 24.8 Å². The van der Waals surface area contributed by atoms with Crippen molar-refractivity contribution in [3.8, 4) is 11.3 Å². The van der Waals surface area contributed by atoms with Gasteiger partial charge >= 0.3 is 6.03 Å². The van der Waals surface area contributed by atoms with Gasteiger partial charge in [0.1, 0.15) is 11.3 Å². The summed E-state index contributed by atoms with van der Waals surface area (Å²) in [6.07, 6.45) is 5.63. The van der Waals surface area contributed by atoms with Crippen LogP contribution in [0.1, 0.15) is 12.8 Å². The molecule has 3 heterocycles. The number of rotatable bonds is 3. The van der Waals surface area contributed by atoms with Crippen molar-refractivity contribution in [1.29, 1.82) is 0 Å². The zero-order valence-electron chi connectivity index (χ0n) is 15.2. The standard InChI is InChI=1S/C20H18N6O2/c1-26-10-14(13-3-2-8-21-18(13)26)17-19(27)25-16-9-12(6-7-15(16)24-17)23-20(28)22-11-4-5-11/h2-3,6-11H,4-5H2,1H3,(H,25,27)(H2,22,23,28). The Morgan fingerprint density at radius 1 is 1.29 bits per heavy atom. The van der Waals surface area contributed by atoms with Crippen LogP contribution in [0.4, 0.5) is 10.5 Å². The third-order valence-corrected chi connectivity index (χ3v) is 4.85. The van der Waals surface area contributed by atoms with Crippen molar-refractivity contribution in [2.75, 3.05) is 5.32 Å². The van der Waals surface area contributed by atoms with Crippen LogP contribution >= 0.6 is 0 Å². The van der Waals surface area contributed by atoms with Gasteiger partial charge in [-0.15, -0.1) is 0 Å². The van der Waals surface area contributed by atoms with Crippen molar-refractivity contribution in [2.45, 2.75) is 18.9 Å². The molecule has 0 saturated heterocycles. The highest BCUT2D eigenvalue weighted by atomic mass is 16.2. The minimum absolute atomic E-state index is 0.239. The molecule has 0 bridgehead atoms. The number of benzene rings is 1. The van der Waals surface area contributed by atoms with Gasteiger partial charge in [-0.05, 0) is 43.2 Å². The topological polar surface area (TPSA) is 105 Å². The summed E-state index contributed by atoms with van der Waals surface area (Å²) in [5, 5.41) is 6.53. The second-order valence-corrected chi connectivity index (χ2v) is 7.05. The molecule has 1 fully saturated rings. The van der Waals surface area contributed by atoms with Crippen LogP contribution in [-0.2, 0) is 7.05 Å². The van der Waals surface area contributed by atoms with E-state index < -0.39 is 0 Å². The summed E-state index contributed by atoms with van der Waals surface area (Å²) in [5.41, 5.74) is 3.40. The summed E-state index contributed by atoms with van der Waals surface area (Å²) in [6.45, 7) is 0. The van der Waals surface area contributed by atoms with Crippen molar-refractivity contribution in [2.24, 2.45) is 7.05 Å². The number of aryl methyl sites for hydroxylation is 1. The molecule has 8 nitrogen and oxygen atoms in total. The van der Waals surface area contributed by atoms with E-state index in [1.165, 1.54) is 0 Å². The van der Waals surface area contributed by atoms with Gasteiger partial charge in [-0.3, -0.25) is 4.79 Å². The van der Waals surface area contributed by atoms with Gasteiger partial charge in [0.25, 0.3) is 5.56 Å². The van der Waals surface area contributed by atoms with E-state index in [1.54, 1.807) is 24.4 Å². The Morgan fingerprint density at radius 3 is 2.96 bits per heavy atom. The Bertz CT molecular complexity index is 1290. The van der Waals surface area contributed by atoms with Gasteiger partial charge in [0.05, 0.1) is 11.0 Å². The molecule has 0 radical (unpaired) electrons. The minimum Gasteiger partial charge on any atom is -0.335 e. The van der Waals surface area contributed by atoms with Gasteiger partial charge < -0.3 is 20.2 Å². The van der Waals surface area contributed by atoms with Gasteiger partial charge in [-0.25, -0.2) is 14.8 Å². The Hall–Kier alpha value is -3.68. The number of nitrogens with one attached hydrogen (secondary N) is 3. The van der Waals surface area contributed by atoms with Crippen LogP contribution in [0.5, 0.6) is 0 Å². The number of hydrogen-bond acceptors (Lipinski definition) is 4. The number of hydrogen-bond donors (Lipinski definition) is 3. The Balaban J connectivity index is 1.54. The fourth-order valence-electron chi connectivity index (χ4n) is 3.33. The predicted octanol–water partition coefficient (Wildman–Crippen LogP) is 2.76. The first-order valence-electron chi connectivity index (χ1n) is 9.10. The first-order valence-corrected chi connectivity index (χ1v) is 9.10. The number of nitrogens with zero attached hydrogens (tertiary/aromatic N) is 3. The quantitative estimate of drug-likeness (QED) is 0.513. The van der Waals surface area contributed by atoms with E-state index in [9.17, 15) is 9.59 Å². The second kappa shape index (κ2) is 6.19. The predicted molar refractivity (Wildman–Crippen MR) is 107 cm³/mol. The highest BCUT2D eigenvalue weighted by molar-refractivity contribution is 5.95. The number of carbonyl (C=O) groups is 1. The van der Waals surface area contributed by atoms with E-state index in [4.69, 9.17) is 0 Å². The van der Waals surface area contributed by atoms with Crippen molar-refractivity contribution >= 4 is 33.8 Å². The summed E-state index contributed by atoms with van der Waals surface area (Å²) in [6, 6.07) is 9.07. The lowest BCUT2D eigenvalue weighted by Crippen LogP contribution is -2.30. The lowest BCUT2D eigenvalue weighted by molar-refractivity contribution is 0.251. The molecule has 1 saturated carbocycles. The van der Waals surface area contributed by atoms with Crippen LogP contribution in [0.2, 0.25) is 0 Å². The summed E-state index contributed by atoms with van der Waals surface area (Å²) in [7, 11) is 1.89. The van der Waals surface area contributed by atoms with Gasteiger partial charge in [-0.1, -0.05) is 0 Å². The second-order valence-electron chi connectivity index (χ2n) is 7.05. The zero-order valence-corrected chi connectivity index (χ0v) is 15.2. The van der Waals surface area contributed by atoms with Crippen LogP contribution in [-0.4, -0.2) is 31.6 Å². The van der Waals surface area contributed by atoms with E-state index in [0.29, 0.717) is 22.4 Å². The summed E-state index contributed by atoms with van der Waals surface area (Å²) < 4.78 is 1.88. The molecule has 8 heteroatoms. The Kier molecular flexibility index (Phi) is 3.65. The van der Waals surface area contributed by atoms with Crippen LogP contribution in [0.3, 0.4) is 0 Å². The highest BCUT2D eigenvalue weighted by Gasteiger charge is 2.23. The normalized spacial score (nSPS) is 13.8. The van der Waals surface area contributed by atoms with Crippen molar-refractivity contribution in [3.63, 3.8) is 0 Å². The number of pyridine rings is 1. The molecule has 0 atom stereocenters. The van der Waals surface area contributed by atoms with Crippen LogP contribution in [0.15, 0.2) is 47.5 Å². The molecule has 5 rings (SSSR count). The minimum atomic E-state index is -0.288. The van der Waals surface area contributed by atoms with Crippen LogP contribution < -0.4 is 16.2 Å². The highest BCUT2D eigenvalue weighted by Crippen LogP contribution is 2.27. The van der Waals surface area contributed by atoms with Gasteiger partial charge in [-0.2, -0.15) is 0 Å². The molecule has 1 aromatic carbocycles. The maximum Gasteiger partial charge on any atom is 0.319 e. The molecular weight excluding hydrogens is 356 g/mol. The summed E-state index contributed by atoms with van der Waals surface area (Å²) in [5.74, 6) is 0. The first kappa shape index (κ1) is 16.5. The van der Waals surface area contributed by atoms with E-state index in [0.717, 1.165) is 29.4 Å². The SMILES string of the molecule is Cn1cc(-c2nc3ccc(NC(=O)NC4CC4)cc3[nH]c2=O)c2cccnc21. The first-order chi connectivity index (χ1) is 13.6. The van der Waals surface area contributed by atoms with Crippen LogP contribution in [0, 0.1) is 0 Å². The van der Waals surface area contributed by atoms with E-state index in [2.05, 4.69) is 25.6 Å². The number of carbonyl (C=O) groups excluding carboxylic acids is 1. The van der Waals surface area contributed by atoms with Gasteiger partial charge in [0.2, 0.25) is 0 Å². The molecule has 3 aromatic heterocycles. The van der Waals surface area contributed by atoms with Crippen molar-refractivity contribution in [3.05, 3.63) is 53.1 Å². The molecular formula is C20H18N6O2. The maximum absolute atomic E-state index is 12.7. The molecule has 140 valence electrons. The molecule has 1 aliphatic rings. The number of aromatic nitrogens is 4. The van der Waals surface area contributed by atoms with E-state index in [1.807, 2.05) is 29.9 Å².